The number of ether oxygens (including phenoxy) is 1. The maximum atomic E-state index is 5.47. The molecule has 1 N–H and O–H groups in total. The number of nitrogens with one attached hydrogen (secondary N) is 1. The second-order valence-corrected chi connectivity index (χ2v) is 3.11. The first-order chi connectivity index (χ1) is 5.47. The van der Waals surface area contributed by atoms with Gasteiger partial charge in [0.05, 0.1) is 6.61 Å². The lowest BCUT2D eigenvalue weighted by Gasteiger charge is -2.17. The average molecular weight is 154 g/mol. The van der Waals surface area contributed by atoms with E-state index in [2.05, 4.69) is 10.3 Å². The summed E-state index contributed by atoms with van der Waals surface area (Å²) in [5.74, 6) is 1.57. The fourth-order valence-corrected chi connectivity index (χ4v) is 1.59. The fraction of sp³-hybridized carbons (Fsp3) is 0.875. The summed E-state index contributed by atoms with van der Waals surface area (Å²) in [6.07, 6.45) is 2.28. The van der Waals surface area contributed by atoms with E-state index < -0.39 is 0 Å². The first kappa shape index (κ1) is 7.10. The molecule has 1 saturated heterocycles. The van der Waals surface area contributed by atoms with Crippen LogP contribution < -0.4 is 5.32 Å². The molecule has 0 amide bonds. The van der Waals surface area contributed by atoms with E-state index in [-0.39, 0.29) is 0 Å². The molecule has 2 aliphatic rings. The van der Waals surface area contributed by atoms with Crippen LogP contribution in [0, 0.1) is 5.92 Å². The minimum atomic E-state index is 0.565. The van der Waals surface area contributed by atoms with Gasteiger partial charge in [-0.15, -0.1) is 0 Å². The van der Waals surface area contributed by atoms with Crippen molar-refractivity contribution in [1.29, 1.82) is 0 Å². The number of rotatable bonds is 1. The van der Waals surface area contributed by atoms with Crippen LogP contribution in [0.5, 0.6) is 0 Å². The smallest absolute Gasteiger partial charge is 0.187 e. The van der Waals surface area contributed by atoms with E-state index in [1.54, 1.807) is 0 Å². The second kappa shape index (κ2) is 3.22. The minimum Gasteiger partial charge on any atom is -0.481 e. The third kappa shape index (κ3) is 1.53. The lowest BCUT2D eigenvalue weighted by molar-refractivity contribution is 0.261. The van der Waals surface area contributed by atoms with Crippen LogP contribution in [0.4, 0.5) is 0 Å². The first-order valence-electron chi connectivity index (χ1n) is 4.34. The summed E-state index contributed by atoms with van der Waals surface area (Å²) in [5, 5.41) is 3.31. The van der Waals surface area contributed by atoms with E-state index in [1.807, 2.05) is 0 Å². The Balaban J connectivity index is 1.96. The molecule has 0 radical (unpaired) electrons. The summed E-state index contributed by atoms with van der Waals surface area (Å²) in [6.45, 7) is 4.01. The highest BCUT2D eigenvalue weighted by molar-refractivity contribution is 5.79. The van der Waals surface area contributed by atoms with Gasteiger partial charge in [-0.25, -0.2) is 0 Å². The molecule has 0 spiro atoms. The van der Waals surface area contributed by atoms with E-state index in [9.17, 15) is 0 Å². The number of hydrogen-bond donors (Lipinski definition) is 1. The second-order valence-electron chi connectivity index (χ2n) is 3.11. The summed E-state index contributed by atoms with van der Waals surface area (Å²) < 4.78 is 5.47. The number of nitrogens with zero attached hydrogens (tertiary/aromatic N) is 1. The molecule has 2 rings (SSSR count). The molecule has 0 aliphatic carbocycles. The lowest BCUT2D eigenvalue weighted by atomic mass is 10.1. The van der Waals surface area contributed by atoms with Crippen molar-refractivity contribution in [3.8, 4) is 0 Å². The van der Waals surface area contributed by atoms with Crippen molar-refractivity contribution in [3.05, 3.63) is 0 Å². The molecule has 1 atom stereocenters. The van der Waals surface area contributed by atoms with Crippen LogP contribution in [0.25, 0.3) is 0 Å². The topological polar surface area (TPSA) is 33.6 Å². The normalized spacial score (nSPS) is 31.3. The van der Waals surface area contributed by atoms with E-state index >= 15 is 0 Å². The van der Waals surface area contributed by atoms with Crippen LogP contribution in [-0.4, -0.2) is 32.1 Å². The van der Waals surface area contributed by atoms with Crippen LogP contribution in [0.3, 0.4) is 0 Å². The standard InChI is InChI=1S/C8H14N2O/c1-3-10-8(11-5-1)7-2-4-9-6-7/h7,9H,1-6H2. The van der Waals surface area contributed by atoms with Gasteiger partial charge in [-0.3, -0.25) is 4.99 Å². The third-order valence-electron chi connectivity index (χ3n) is 2.23. The highest BCUT2D eigenvalue weighted by Crippen LogP contribution is 2.13. The van der Waals surface area contributed by atoms with Crippen molar-refractivity contribution < 1.29 is 4.74 Å². The molecular formula is C8H14N2O. The van der Waals surface area contributed by atoms with E-state index in [0.717, 1.165) is 38.6 Å². The monoisotopic (exact) mass is 154 g/mol. The van der Waals surface area contributed by atoms with Gasteiger partial charge in [0.15, 0.2) is 5.90 Å². The molecule has 2 aliphatic heterocycles. The molecule has 0 aromatic carbocycles. The number of hydrogen-bond acceptors (Lipinski definition) is 3. The van der Waals surface area contributed by atoms with Crippen molar-refractivity contribution in [2.45, 2.75) is 12.8 Å². The zero-order valence-corrected chi connectivity index (χ0v) is 6.68. The molecule has 2 heterocycles. The highest BCUT2D eigenvalue weighted by Gasteiger charge is 2.22. The van der Waals surface area contributed by atoms with Crippen molar-refractivity contribution in [3.63, 3.8) is 0 Å². The summed E-state index contributed by atoms with van der Waals surface area (Å²) >= 11 is 0. The maximum absolute atomic E-state index is 5.47. The molecule has 0 saturated carbocycles. The van der Waals surface area contributed by atoms with E-state index in [0.29, 0.717) is 5.92 Å². The molecular weight excluding hydrogens is 140 g/mol. The third-order valence-corrected chi connectivity index (χ3v) is 2.23. The van der Waals surface area contributed by atoms with Crippen molar-refractivity contribution in [1.82, 2.24) is 5.32 Å². The first-order valence-corrected chi connectivity index (χ1v) is 4.34. The zero-order chi connectivity index (χ0) is 7.52. The Kier molecular flexibility index (Phi) is 2.08. The number of aliphatic imine (C=N–C) groups is 1. The fourth-order valence-electron chi connectivity index (χ4n) is 1.59. The molecule has 0 bridgehead atoms. The molecule has 3 heteroatoms. The van der Waals surface area contributed by atoms with Gasteiger partial charge in [-0.1, -0.05) is 0 Å². The minimum absolute atomic E-state index is 0.565. The molecule has 1 unspecified atom stereocenters. The zero-order valence-electron chi connectivity index (χ0n) is 6.68. The lowest BCUT2D eigenvalue weighted by Crippen LogP contribution is -2.24. The Morgan fingerprint density at radius 3 is 3.18 bits per heavy atom. The summed E-state index contributed by atoms with van der Waals surface area (Å²) in [5.41, 5.74) is 0. The Hall–Kier alpha value is -0.570. The van der Waals surface area contributed by atoms with Gasteiger partial charge in [0.1, 0.15) is 0 Å². The molecule has 11 heavy (non-hydrogen) atoms. The van der Waals surface area contributed by atoms with Gasteiger partial charge in [-0.05, 0) is 13.0 Å². The van der Waals surface area contributed by atoms with Gasteiger partial charge in [0, 0.05) is 25.4 Å². The van der Waals surface area contributed by atoms with Crippen LogP contribution >= 0.6 is 0 Å². The van der Waals surface area contributed by atoms with Gasteiger partial charge < -0.3 is 10.1 Å². The Morgan fingerprint density at radius 1 is 1.55 bits per heavy atom. The predicted octanol–water partition coefficient (Wildman–Crippen LogP) is 0.415. The largest absolute Gasteiger partial charge is 0.481 e. The highest BCUT2D eigenvalue weighted by atomic mass is 16.5. The van der Waals surface area contributed by atoms with Crippen LogP contribution in [0.1, 0.15) is 12.8 Å². The van der Waals surface area contributed by atoms with Gasteiger partial charge >= 0.3 is 0 Å². The Labute approximate surface area is 66.8 Å². The summed E-state index contributed by atoms with van der Waals surface area (Å²) in [7, 11) is 0. The average Bonchev–Trinajstić information content (AvgIpc) is 2.58. The Bertz CT molecular complexity index is 161. The van der Waals surface area contributed by atoms with Crippen molar-refractivity contribution in [2.24, 2.45) is 10.9 Å². The van der Waals surface area contributed by atoms with Crippen molar-refractivity contribution in [2.75, 3.05) is 26.2 Å². The summed E-state index contributed by atoms with van der Waals surface area (Å²) in [6, 6.07) is 0. The quantitative estimate of drug-likeness (QED) is 0.593. The van der Waals surface area contributed by atoms with Gasteiger partial charge in [-0.2, -0.15) is 0 Å². The molecule has 3 nitrogen and oxygen atoms in total. The van der Waals surface area contributed by atoms with Crippen molar-refractivity contribution >= 4 is 5.90 Å². The molecule has 62 valence electrons. The molecule has 0 aromatic rings. The SMILES string of the molecule is C1CN=C(C2CCNC2)OC1. The predicted molar refractivity (Wildman–Crippen MR) is 43.8 cm³/mol. The van der Waals surface area contributed by atoms with E-state index in [1.165, 1.54) is 6.42 Å². The molecule has 1 fully saturated rings. The molecule has 0 aromatic heterocycles. The van der Waals surface area contributed by atoms with Crippen LogP contribution in [0.2, 0.25) is 0 Å². The Morgan fingerprint density at radius 2 is 2.55 bits per heavy atom. The van der Waals surface area contributed by atoms with E-state index in [4.69, 9.17) is 4.74 Å². The van der Waals surface area contributed by atoms with Gasteiger partial charge in [0.2, 0.25) is 0 Å². The van der Waals surface area contributed by atoms with Crippen LogP contribution in [-0.2, 0) is 4.74 Å². The maximum Gasteiger partial charge on any atom is 0.187 e. The summed E-state index contributed by atoms with van der Waals surface area (Å²) in [4.78, 5) is 4.37. The van der Waals surface area contributed by atoms with Crippen LogP contribution in [0.15, 0.2) is 4.99 Å². The van der Waals surface area contributed by atoms with Gasteiger partial charge in [0.25, 0.3) is 0 Å².